The molecule has 0 fully saturated rings. The molecule has 0 bridgehead atoms. The van der Waals surface area contributed by atoms with Gasteiger partial charge in [-0.15, -0.1) is 0 Å². The number of aryl methyl sites for hydroxylation is 2. The van der Waals surface area contributed by atoms with Gasteiger partial charge in [-0.2, -0.15) is 5.10 Å². The topological polar surface area (TPSA) is 67.0 Å². The van der Waals surface area contributed by atoms with Crippen LogP contribution < -0.4 is 10.1 Å². The van der Waals surface area contributed by atoms with Gasteiger partial charge in [-0.05, 0) is 38.0 Å². The molecular formula is C15H19N3O2. The monoisotopic (exact) mass is 273 g/mol. The van der Waals surface area contributed by atoms with Crippen molar-refractivity contribution in [1.29, 1.82) is 0 Å². The van der Waals surface area contributed by atoms with Crippen LogP contribution in [-0.2, 0) is 11.2 Å². The van der Waals surface area contributed by atoms with E-state index in [1.54, 1.807) is 13.2 Å². The summed E-state index contributed by atoms with van der Waals surface area (Å²) < 4.78 is 5.12. The van der Waals surface area contributed by atoms with Crippen molar-refractivity contribution in [2.24, 2.45) is 0 Å². The van der Waals surface area contributed by atoms with Crippen molar-refractivity contribution in [3.05, 3.63) is 41.2 Å². The zero-order chi connectivity index (χ0) is 14.5. The molecule has 1 amide bonds. The first-order valence-electron chi connectivity index (χ1n) is 6.54. The number of hydrogen-bond acceptors (Lipinski definition) is 3. The standard InChI is InChI=1S/C15H19N3O2/c1-10-14(11(2)18-17-10)7-8-15(19)16-12-5-4-6-13(9-12)20-3/h4-6,9H,7-8H2,1-3H3,(H,16,19)(H,17,18). The first kappa shape index (κ1) is 14.1. The van der Waals surface area contributed by atoms with E-state index in [2.05, 4.69) is 15.5 Å². The predicted octanol–water partition coefficient (Wildman–Crippen LogP) is 2.61. The van der Waals surface area contributed by atoms with E-state index >= 15 is 0 Å². The smallest absolute Gasteiger partial charge is 0.224 e. The SMILES string of the molecule is COc1cccc(NC(=O)CCc2c(C)n[nH]c2C)c1. The van der Waals surface area contributed by atoms with Crippen LogP contribution in [0.1, 0.15) is 23.4 Å². The molecule has 2 N–H and O–H groups in total. The third kappa shape index (κ3) is 3.38. The van der Waals surface area contributed by atoms with E-state index in [1.165, 1.54) is 0 Å². The van der Waals surface area contributed by atoms with E-state index in [0.29, 0.717) is 12.8 Å². The van der Waals surface area contributed by atoms with Crippen LogP contribution >= 0.6 is 0 Å². The number of methoxy groups -OCH3 is 1. The Kier molecular flexibility index (Phi) is 4.40. The molecule has 0 unspecified atom stereocenters. The normalized spacial score (nSPS) is 10.3. The van der Waals surface area contributed by atoms with Crippen LogP contribution in [0.3, 0.4) is 0 Å². The lowest BCUT2D eigenvalue weighted by atomic mass is 10.1. The third-order valence-corrected chi connectivity index (χ3v) is 3.24. The third-order valence-electron chi connectivity index (χ3n) is 3.24. The van der Waals surface area contributed by atoms with Gasteiger partial charge in [-0.1, -0.05) is 6.07 Å². The maximum atomic E-state index is 11.9. The average Bonchev–Trinajstić information content (AvgIpc) is 2.76. The molecule has 1 aromatic heterocycles. The number of carbonyl (C=O) groups excluding carboxylic acids is 1. The first-order valence-corrected chi connectivity index (χ1v) is 6.54. The lowest BCUT2D eigenvalue weighted by molar-refractivity contribution is -0.116. The van der Waals surface area contributed by atoms with Gasteiger partial charge in [0, 0.05) is 23.9 Å². The van der Waals surface area contributed by atoms with Gasteiger partial charge < -0.3 is 10.1 Å². The van der Waals surface area contributed by atoms with Crippen molar-refractivity contribution in [3.63, 3.8) is 0 Å². The number of hydrogen-bond donors (Lipinski definition) is 2. The molecule has 0 aliphatic carbocycles. The number of carbonyl (C=O) groups is 1. The van der Waals surface area contributed by atoms with Gasteiger partial charge >= 0.3 is 0 Å². The molecule has 0 aliphatic heterocycles. The van der Waals surface area contributed by atoms with E-state index < -0.39 is 0 Å². The number of nitrogens with one attached hydrogen (secondary N) is 2. The van der Waals surface area contributed by atoms with E-state index in [4.69, 9.17) is 4.74 Å². The molecule has 0 saturated carbocycles. The summed E-state index contributed by atoms with van der Waals surface area (Å²) in [6.07, 6.45) is 1.11. The summed E-state index contributed by atoms with van der Waals surface area (Å²) in [6, 6.07) is 7.33. The second kappa shape index (κ2) is 6.23. The number of benzene rings is 1. The van der Waals surface area contributed by atoms with Crippen LogP contribution in [0.2, 0.25) is 0 Å². The molecule has 1 aromatic carbocycles. The van der Waals surface area contributed by atoms with E-state index in [1.807, 2.05) is 32.0 Å². The van der Waals surface area contributed by atoms with E-state index in [0.717, 1.165) is 28.4 Å². The summed E-state index contributed by atoms with van der Waals surface area (Å²) in [5.41, 5.74) is 3.84. The highest BCUT2D eigenvalue weighted by atomic mass is 16.5. The van der Waals surface area contributed by atoms with Crippen LogP contribution in [0.25, 0.3) is 0 Å². The number of H-pyrrole nitrogens is 1. The van der Waals surface area contributed by atoms with Crippen molar-refractivity contribution < 1.29 is 9.53 Å². The minimum Gasteiger partial charge on any atom is -0.497 e. The van der Waals surface area contributed by atoms with Crippen molar-refractivity contribution in [1.82, 2.24) is 10.2 Å². The number of aromatic nitrogens is 2. The van der Waals surface area contributed by atoms with Crippen LogP contribution in [-0.4, -0.2) is 23.2 Å². The van der Waals surface area contributed by atoms with Crippen LogP contribution in [0.15, 0.2) is 24.3 Å². The van der Waals surface area contributed by atoms with Crippen LogP contribution in [0.5, 0.6) is 5.75 Å². The number of anilines is 1. The molecule has 5 heteroatoms. The molecule has 0 spiro atoms. The lowest BCUT2D eigenvalue weighted by Gasteiger charge is -2.07. The van der Waals surface area contributed by atoms with Gasteiger partial charge in [0.15, 0.2) is 0 Å². The Morgan fingerprint density at radius 1 is 1.40 bits per heavy atom. The van der Waals surface area contributed by atoms with E-state index in [9.17, 15) is 4.79 Å². The van der Waals surface area contributed by atoms with Crippen molar-refractivity contribution in [2.75, 3.05) is 12.4 Å². The highest BCUT2D eigenvalue weighted by Gasteiger charge is 2.09. The van der Waals surface area contributed by atoms with Crippen LogP contribution in [0, 0.1) is 13.8 Å². The van der Waals surface area contributed by atoms with Crippen molar-refractivity contribution >= 4 is 11.6 Å². The minimum absolute atomic E-state index is 0.0155. The van der Waals surface area contributed by atoms with Gasteiger partial charge in [0.1, 0.15) is 5.75 Å². The Morgan fingerprint density at radius 3 is 2.85 bits per heavy atom. The summed E-state index contributed by atoms with van der Waals surface area (Å²) in [7, 11) is 1.60. The Morgan fingerprint density at radius 2 is 2.20 bits per heavy atom. The van der Waals surface area contributed by atoms with Crippen molar-refractivity contribution in [3.8, 4) is 5.75 Å². The maximum Gasteiger partial charge on any atom is 0.224 e. The summed E-state index contributed by atoms with van der Waals surface area (Å²) in [5, 5.41) is 9.92. The molecule has 2 rings (SSSR count). The fourth-order valence-corrected chi connectivity index (χ4v) is 2.11. The molecule has 20 heavy (non-hydrogen) atoms. The summed E-state index contributed by atoms with van der Waals surface area (Å²) >= 11 is 0. The molecule has 0 radical (unpaired) electrons. The summed E-state index contributed by atoms with van der Waals surface area (Å²) in [6.45, 7) is 3.91. The number of nitrogens with zero attached hydrogens (tertiary/aromatic N) is 1. The fraction of sp³-hybridized carbons (Fsp3) is 0.333. The number of ether oxygens (including phenoxy) is 1. The van der Waals surface area contributed by atoms with E-state index in [-0.39, 0.29) is 5.91 Å². The molecule has 0 aliphatic rings. The first-order chi connectivity index (χ1) is 9.60. The number of aromatic amines is 1. The van der Waals surface area contributed by atoms with Gasteiger partial charge in [-0.25, -0.2) is 0 Å². The maximum absolute atomic E-state index is 11.9. The molecule has 5 nitrogen and oxygen atoms in total. The molecule has 0 atom stereocenters. The second-order valence-electron chi connectivity index (χ2n) is 4.69. The molecule has 106 valence electrons. The lowest BCUT2D eigenvalue weighted by Crippen LogP contribution is -2.12. The molecule has 2 aromatic rings. The summed E-state index contributed by atoms with van der Waals surface area (Å²) in [5.74, 6) is 0.711. The van der Waals surface area contributed by atoms with Crippen molar-refractivity contribution in [2.45, 2.75) is 26.7 Å². The Labute approximate surface area is 118 Å². The zero-order valence-corrected chi connectivity index (χ0v) is 12.0. The Balaban J connectivity index is 1.92. The highest BCUT2D eigenvalue weighted by molar-refractivity contribution is 5.91. The van der Waals surface area contributed by atoms with Gasteiger partial charge in [0.25, 0.3) is 0 Å². The summed E-state index contributed by atoms with van der Waals surface area (Å²) in [4.78, 5) is 11.9. The average molecular weight is 273 g/mol. The fourth-order valence-electron chi connectivity index (χ4n) is 2.11. The second-order valence-corrected chi connectivity index (χ2v) is 4.69. The zero-order valence-electron chi connectivity index (χ0n) is 12.0. The highest BCUT2D eigenvalue weighted by Crippen LogP contribution is 2.17. The quantitative estimate of drug-likeness (QED) is 0.880. The van der Waals surface area contributed by atoms with Crippen LogP contribution in [0.4, 0.5) is 5.69 Å². The largest absolute Gasteiger partial charge is 0.497 e. The predicted molar refractivity (Wildman–Crippen MR) is 78.0 cm³/mol. The number of amides is 1. The van der Waals surface area contributed by atoms with Gasteiger partial charge in [0.2, 0.25) is 5.91 Å². The molecular weight excluding hydrogens is 254 g/mol. The molecule has 1 heterocycles. The Bertz CT molecular complexity index is 585. The Hall–Kier alpha value is -2.30. The minimum atomic E-state index is -0.0155. The number of rotatable bonds is 5. The van der Waals surface area contributed by atoms with Gasteiger partial charge in [-0.3, -0.25) is 9.89 Å². The van der Waals surface area contributed by atoms with Gasteiger partial charge in [0.05, 0.1) is 12.8 Å². The molecule has 0 saturated heterocycles.